The highest BCUT2D eigenvalue weighted by atomic mass is 32.2. The van der Waals surface area contributed by atoms with Crippen molar-refractivity contribution in [3.8, 4) is 0 Å². The summed E-state index contributed by atoms with van der Waals surface area (Å²) in [7, 11) is 1.30. The number of carbonyl (C=O) groups excluding carboxylic acids is 2. The van der Waals surface area contributed by atoms with Crippen molar-refractivity contribution >= 4 is 30.0 Å². The molecule has 0 bridgehead atoms. The van der Waals surface area contributed by atoms with Crippen LogP contribution in [0.1, 0.15) is 28.4 Å². The number of aromatic nitrogens is 1. The number of nitrogens with zero attached hydrogens (tertiary/aromatic N) is 2. The summed E-state index contributed by atoms with van der Waals surface area (Å²) in [5.74, 6) is -0.720. The molecule has 0 saturated heterocycles. The second-order valence-electron chi connectivity index (χ2n) is 4.95. The smallest absolute Gasteiger partial charge is 0.337 e. The molecule has 126 valence electrons. The van der Waals surface area contributed by atoms with Crippen LogP contribution >= 0.6 is 12.3 Å². The zero-order chi connectivity index (χ0) is 17.5. The van der Waals surface area contributed by atoms with Crippen molar-refractivity contribution in [2.75, 3.05) is 11.4 Å². The van der Waals surface area contributed by atoms with Gasteiger partial charge >= 0.3 is 5.97 Å². The quantitative estimate of drug-likeness (QED) is 0.590. The van der Waals surface area contributed by atoms with Gasteiger partial charge < -0.3 is 4.74 Å². The Morgan fingerprint density at radius 2 is 2.04 bits per heavy atom. The van der Waals surface area contributed by atoms with Gasteiger partial charge in [0.1, 0.15) is 5.82 Å². The highest BCUT2D eigenvalue weighted by Crippen LogP contribution is 2.23. The van der Waals surface area contributed by atoms with Crippen molar-refractivity contribution in [2.45, 2.75) is 19.8 Å². The van der Waals surface area contributed by atoms with Gasteiger partial charge in [0.25, 0.3) is 0 Å². The van der Waals surface area contributed by atoms with Crippen LogP contribution in [0.2, 0.25) is 0 Å². The van der Waals surface area contributed by atoms with E-state index in [1.165, 1.54) is 13.3 Å². The van der Waals surface area contributed by atoms with E-state index in [1.807, 2.05) is 6.92 Å². The van der Waals surface area contributed by atoms with Gasteiger partial charge in [-0.1, -0.05) is 19.1 Å². The van der Waals surface area contributed by atoms with Gasteiger partial charge in [-0.25, -0.2) is 14.1 Å². The highest BCUT2D eigenvalue weighted by molar-refractivity contribution is 7.96. The molecule has 1 heterocycles. The highest BCUT2D eigenvalue weighted by Gasteiger charge is 2.20. The maximum absolute atomic E-state index is 13.2. The predicted molar refractivity (Wildman–Crippen MR) is 91.3 cm³/mol. The average molecular weight is 348 g/mol. The number of aryl methyl sites for hydroxylation is 1. The normalized spacial score (nSPS) is 10.3. The number of amides is 1. The van der Waals surface area contributed by atoms with Crippen LogP contribution in [-0.2, 0) is 22.4 Å². The molecular weight excluding hydrogens is 331 g/mol. The average Bonchev–Trinajstić information content (AvgIpc) is 2.62. The fourth-order valence-electron chi connectivity index (χ4n) is 2.29. The molecule has 0 fully saturated rings. The van der Waals surface area contributed by atoms with Crippen LogP contribution in [0, 0.1) is 0 Å². The van der Waals surface area contributed by atoms with Gasteiger partial charge in [-0.15, -0.1) is 3.89 Å². The second kappa shape index (κ2) is 8.44. The molecule has 0 aliphatic carbocycles. The summed E-state index contributed by atoms with van der Waals surface area (Å²) in [6.07, 6.45) is 2.14. The summed E-state index contributed by atoms with van der Waals surface area (Å²) < 4.78 is 18.8. The Morgan fingerprint density at radius 3 is 2.62 bits per heavy atom. The molecule has 5 nitrogen and oxygen atoms in total. The summed E-state index contributed by atoms with van der Waals surface area (Å²) in [5.41, 5.74) is 1.94. The predicted octanol–water partition coefficient (Wildman–Crippen LogP) is 3.54. The van der Waals surface area contributed by atoms with Crippen molar-refractivity contribution < 1.29 is 18.2 Å². The van der Waals surface area contributed by atoms with E-state index in [0.717, 1.165) is 9.87 Å². The van der Waals surface area contributed by atoms with Crippen LogP contribution < -0.4 is 4.31 Å². The minimum absolute atomic E-state index is 0.0402. The van der Waals surface area contributed by atoms with Gasteiger partial charge in [0.2, 0.25) is 5.91 Å². The third kappa shape index (κ3) is 4.11. The lowest BCUT2D eigenvalue weighted by atomic mass is 9.99. The molecule has 0 N–H and O–H groups in total. The first-order valence-electron chi connectivity index (χ1n) is 7.33. The number of methoxy groups -OCH3 is 1. The van der Waals surface area contributed by atoms with E-state index in [-0.39, 0.29) is 24.6 Å². The van der Waals surface area contributed by atoms with Crippen molar-refractivity contribution in [3.63, 3.8) is 0 Å². The first-order chi connectivity index (χ1) is 11.6. The van der Waals surface area contributed by atoms with Gasteiger partial charge in [0.05, 0.1) is 19.1 Å². The monoisotopic (exact) mass is 348 g/mol. The van der Waals surface area contributed by atoms with E-state index in [0.29, 0.717) is 17.5 Å². The molecule has 2 aromatic rings. The SMILES string of the molecule is CCc1ccc(C(=O)OC)cc1CC(=O)N(SF)c1ccccn1. The Morgan fingerprint density at radius 1 is 1.25 bits per heavy atom. The molecule has 1 aromatic heterocycles. The first-order valence-corrected chi connectivity index (χ1v) is 8.00. The zero-order valence-electron chi connectivity index (χ0n) is 13.4. The lowest BCUT2D eigenvalue weighted by Crippen LogP contribution is -2.26. The Labute approximate surface area is 144 Å². The molecule has 7 heteroatoms. The summed E-state index contributed by atoms with van der Waals surface area (Å²) in [5, 5.41) is 0. The number of hydrogen-bond acceptors (Lipinski definition) is 5. The molecule has 0 atom stereocenters. The third-order valence-electron chi connectivity index (χ3n) is 3.50. The molecule has 0 aliphatic rings. The van der Waals surface area contributed by atoms with E-state index >= 15 is 0 Å². The van der Waals surface area contributed by atoms with Gasteiger partial charge in [0, 0.05) is 6.20 Å². The summed E-state index contributed by atoms with van der Waals surface area (Å²) in [4.78, 5) is 28.1. The zero-order valence-corrected chi connectivity index (χ0v) is 14.2. The molecule has 0 aliphatic heterocycles. The van der Waals surface area contributed by atoms with Crippen LogP contribution in [0.15, 0.2) is 42.6 Å². The van der Waals surface area contributed by atoms with E-state index in [1.54, 1.807) is 36.4 Å². The minimum Gasteiger partial charge on any atom is -0.465 e. The molecule has 1 amide bonds. The standard InChI is InChI=1S/C17H17FN2O3S/c1-3-12-7-8-13(17(22)23-2)10-14(12)11-16(21)20(24-18)15-6-4-5-9-19-15/h4-10H,3,11H2,1-2H3. The van der Waals surface area contributed by atoms with Gasteiger partial charge in [-0.05, 0) is 41.8 Å². The van der Waals surface area contributed by atoms with Gasteiger partial charge in [-0.2, -0.15) is 0 Å². The second-order valence-corrected chi connectivity index (χ2v) is 5.45. The van der Waals surface area contributed by atoms with Crippen LogP contribution in [0.5, 0.6) is 0 Å². The molecular formula is C17H17FN2O3S. The van der Waals surface area contributed by atoms with E-state index in [4.69, 9.17) is 4.74 Å². The topological polar surface area (TPSA) is 59.5 Å². The van der Waals surface area contributed by atoms with Gasteiger partial charge in [-0.3, -0.25) is 4.79 Å². The largest absolute Gasteiger partial charge is 0.465 e. The summed E-state index contributed by atoms with van der Waals surface area (Å²) in [6, 6.07) is 9.96. The maximum atomic E-state index is 13.2. The maximum Gasteiger partial charge on any atom is 0.337 e. The van der Waals surface area contributed by atoms with Crippen LogP contribution in [0.3, 0.4) is 0 Å². The molecule has 0 radical (unpaired) electrons. The molecule has 0 spiro atoms. The Balaban J connectivity index is 2.28. The van der Waals surface area contributed by atoms with Crippen LogP contribution in [-0.4, -0.2) is 24.0 Å². The number of benzene rings is 1. The number of anilines is 1. The van der Waals surface area contributed by atoms with Crippen LogP contribution in [0.25, 0.3) is 0 Å². The number of halogens is 1. The summed E-state index contributed by atoms with van der Waals surface area (Å²) >= 11 is -0.192. The fourth-order valence-corrected chi connectivity index (χ4v) is 2.61. The van der Waals surface area contributed by atoms with Crippen molar-refractivity contribution in [3.05, 3.63) is 59.3 Å². The van der Waals surface area contributed by atoms with E-state index in [9.17, 15) is 13.5 Å². The van der Waals surface area contributed by atoms with E-state index in [2.05, 4.69) is 4.98 Å². The van der Waals surface area contributed by atoms with Crippen LogP contribution in [0.4, 0.5) is 9.70 Å². The fraction of sp³-hybridized carbons (Fsp3) is 0.235. The van der Waals surface area contributed by atoms with Gasteiger partial charge in [0.15, 0.2) is 12.3 Å². The number of carbonyl (C=O) groups is 2. The van der Waals surface area contributed by atoms with E-state index < -0.39 is 11.9 Å². The molecule has 0 saturated carbocycles. The lowest BCUT2D eigenvalue weighted by Gasteiger charge is -2.17. The Kier molecular flexibility index (Phi) is 6.31. The third-order valence-corrected chi connectivity index (χ3v) is 4.03. The molecule has 2 rings (SSSR count). The number of ether oxygens (including phenoxy) is 1. The molecule has 1 aromatic carbocycles. The first kappa shape index (κ1) is 17.9. The molecule has 0 unspecified atom stereocenters. The number of hydrogen-bond donors (Lipinski definition) is 0. The lowest BCUT2D eigenvalue weighted by molar-refractivity contribution is -0.116. The van der Waals surface area contributed by atoms with Crippen molar-refractivity contribution in [1.29, 1.82) is 0 Å². The Bertz CT molecular complexity index is 725. The van der Waals surface area contributed by atoms with Crippen molar-refractivity contribution in [2.24, 2.45) is 0 Å². The number of rotatable bonds is 6. The number of pyridine rings is 1. The minimum atomic E-state index is -0.479. The summed E-state index contributed by atoms with van der Waals surface area (Å²) in [6.45, 7) is 1.95. The molecule has 24 heavy (non-hydrogen) atoms. The number of esters is 1. The Hall–Kier alpha value is -2.41. The van der Waals surface area contributed by atoms with Crippen molar-refractivity contribution in [1.82, 2.24) is 4.98 Å².